The number of hydrogen-bond donors (Lipinski definition) is 1. The van der Waals surface area contributed by atoms with Crippen LogP contribution in [0.5, 0.6) is 0 Å². The first-order chi connectivity index (χ1) is 8.66. The van der Waals surface area contributed by atoms with E-state index >= 15 is 0 Å². The summed E-state index contributed by atoms with van der Waals surface area (Å²) in [7, 11) is 0. The topological polar surface area (TPSA) is 41.3 Å². The Kier molecular flexibility index (Phi) is 4.64. The van der Waals surface area contributed by atoms with Crippen LogP contribution in [0.25, 0.3) is 0 Å². The minimum absolute atomic E-state index is 0.474. The standard InChI is InChI=1S/C14H25N3O/c1-11(2)15-9-13-10-18-14(16-13)17-8-6-4-5-7-12(17)3/h10-12,15H,4-9H2,1-3H3. The molecule has 1 saturated heterocycles. The first-order valence-corrected chi connectivity index (χ1v) is 7.11. The van der Waals surface area contributed by atoms with Crippen molar-refractivity contribution in [3.05, 3.63) is 12.0 Å². The van der Waals surface area contributed by atoms with Crippen molar-refractivity contribution in [3.8, 4) is 0 Å². The molecule has 0 aromatic carbocycles. The molecule has 2 rings (SSSR count). The summed E-state index contributed by atoms with van der Waals surface area (Å²) in [6.07, 6.45) is 6.90. The summed E-state index contributed by atoms with van der Waals surface area (Å²) in [6, 6.07) is 1.81. The Labute approximate surface area is 110 Å². The zero-order valence-electron chi connectivity index (χ0n) is 11.8. The molecule has 1 unspecified atom stereocenters. The van der Waals surface area contributed by atoms with E-state index in [1.165, 1.54) is 25.7 Å². The van der Waals surface area contributed by atoms with E-state index in [9.17, 15) is 0 Å². The van der Waals surface area contributed by atoms with Crippen LogP contribution >= 0.6 is 0 Å². The molecule has 2 heterocycles. The Hall–Kier alpha value is -1.03. The normalized spacial score (nSPS) is 21.3. The smallest absolute Gasteiger partial charge is 0.297 e. The minimum Gasteiger partial charge on any atom is -0.432 e. The molecule has 1 aromatic rings. The van der Waals surface area contributed by atoms with Crippen molar-refractivity contribution in [2.45, 2.75) is 65.1 Å². The molecule has 0 spiro atoms. The maximum Gasteiger partial charge on any atom is 0.297 e. The molecular formula is C14H25N3O. The number of hydrogen-bond acceptors (Lipinski definition) is 4. The van der Waals surface area contributed by atoms with E-state index in [1.807, 2.05) is 0 Å². The van der Waals surface area contributed by atoms with Crippen LogP contribution in [0.1, 0.15) is 52.1 Å². The molecule has 102 valence electrons. The largest absolute Gasteiger partial charge is 0.432 e. The highest BCUT2D eigenvalue weighted by molar-refractivity contribution is 5.29. The summed E-state index contributed by atoms with van der Waals surface area (Å²) in [5.41, 5.74) is 0.996. The molecular weight excluding hydrogens is 226 g/mol. The van der Waals surface area contributed by atoms with Gasteiger partial charge in [0.05, 0.1) is 5.69 Å². The Balaban J connectivity index is 1.99. The second-order valence-electron chi connectivity index (χ2n) is 5.55. The van der Waals surface area contributed by atoms with Crippen molar-refractivity contribution in [1.82, 2.24) is 10.3 Å². The quantitative estimate of drug-likeness (QED) is 0.893. The second kappa shape index (κ2) is 6.23. The summed E-state index contributed by atoms with van der Waals surface area (Å²) in [4.78, 5) is 6.91. The molecule has 1 aromatic heterocycles. The van der Waals surface area contributed by atoms with Crippen LogP contribution < -0.4 is 10.2 Å². The third-order valence-electron chi connectivity index (χ3n) is 3.53. The van der Waals surface area contributed by atoms with Gasteiger partial charge in [-0.1, -0.05) is 26.7 Å². The van der Waals surface area contributed by atoms with E-state index in [0.717, 1.165) is 24.8 Å². The summed E-state index contributed by atoms with van der Waals surface area (Å²) in [6.45, 7) is 8.39. The molecule has 0 bridgehead atoms. The average Bonchev–Trinajstić information content (AvgIpc) is 2.69. The summed E-state index contributed by atoms with van der Waals surface area (Å²) in [5, 5.41) is 3.36. The lowest BCUT2D eigenvalue weighted by molar-refractivity contribution is 0.500. The molecule has 4 nitrogen and oxygen atoms in total. The van der Waals surface area contributed by atoms with Crippen LogP contribution in [0.2, 0.25) is 0 Å². The molecule has 1 fully saturated rings. The molecule has 18 heavy (non-hydrogen) atoms. The van der Waals surface area contributed by atoms with Gasteiger partial charge in [0.2, 0.25) is 0 Å². The summed E-state index contributed by atoms with van der Waals surface area (Å²) in [5.74, 6) is 0. The molecule has 0 radical (unpaired) electrons. The Morgan fingerprint density at radius 3 is 3.06 bits per heavy atom. The molecule has 1 aliphatic heterocycles. The van der Waals surface area contributed by atoms with Crippen LogP contribution in [0, 0.1) is 0 Å². The zero-order chi connectivity index (χ0) is 13.0. The van der Waals surface area contributed by atoms with Crippen molar-refractivity contribution in [3.63, 3.8) is 0 Å². The number of oxazole rings is 1. The predicted molar refractivity (Wildman–Crippen MR) is 73.8 cm³/mol. The first kappa shape index (κ1) is 13.4. The molecule has 1 N–H and O–H groups in total. The van der Waals surface area contributed by atoms with E-state index in [4.69, 9.17) is 4.42 Å². The van der Waals surface area contributed by atoms with Crippen LogP contribution in [0.15, 0.2) is 10.7 Å². The molecule has 0 aliphatic carbocycles. The van der Waals surface area contributed by atoms with Gasteiger partial charge in [-0.15, -0.1) is 0 Å². The fraction of sp³-hybridized carbons (Fsp3) is 0.786. The fourth-order valence-corrected chi connectivity index (χ4v) is 2.38. The zero-order valence-corrected chi connectivity index (χ0v) is 11.8. The average molecular weight is 251 g/mol. The summed E-state index contributed by atoms with van der Waals surface area (Å²) >= 11 is 0. The van der Waals surface area contributed by atoms with Gasteiger partial charge in [-0.3, -0.25) is 0 Å². The van der Waals surface area contributed by atoms with E-state index in [2.05, 4.69) is 36.0 Å². The lowest BCUT2D eigenvalue weighted by Gasteiger charge is -2.24. The number of rotatable bonds is 4. The van der Waals surface area contributed by atoms with E-state index in [1.54, 1.807) is 6.26 Å². The number of nitrogens with one attached hydrogen (secondary N) is 1. The van der Waals surface area contributed by atoms with Crippen LogP contribution in [0.4, 0.5) is 6.01 Å². The molecule has 0 amide bonds. The first-order valence-electron chi connectivity index (χ1n) is 7.11. The predicted octanol–water partition coefficient (Wildman–Crippen LogP) is 2.94. The van der Waals surface area contributed by atoms with Gasteiger partial charge in [-0.2, -0.15) is 4.98 Å². The van der Waals surface area contributed by atoms with Crippen molar-refractivity contribution in [2.75, 3.05) is 11.4 Å². The van der Waals surface area contributed by atoms with Crippen molar-refractivity contribution in [2.24, 2.45) is 0 Å². The van der Waals surface area contributed by atoms with Crippen molar-refractivity contribution in [1.29, 1.82) is 0 Å². The van der Waals surface area contributed by atoms with Crippen LogP contribution in [-0.4, -0.2) is 23.6 Å². The number of nitrogens with zero attached hydrogens (tertiary/aromatic N) is 2. The van der Waals surface area contributed by atoms with Crippen molar-refractivity contribution < 1.29 is 4.42 Å². The van der Waals surface area contributed by atoms with E-state index in [-0.39, 0.29) is 0 Å². The van der Waals surface area contributed by atoms with Crippen molar-refractivity contribution >= 4 is 6.01 Å². The summed E-state index contributed by atoms with van der Waals surface area (Å²) < 4.78 is 5.64. The van der Waals surface area contributed by atoms with Gasteiger partial charge >= 0.3 is 0 Å². The van der Waals surface area contributed by atoms with Crippen LogP contribution in [-0.2, 0) is 6.54 Å². The van der Waals surface area contributed by atoms with E-state index in [0.29, 0.717) is 12.1 Å². The Morgan fingerprint density at radius 1 is 1.44 bits per heavy atom. The van der Waals surface area contributed by atoms with Gasteiger partial charge in [0.1, 0.15) is 6.26 Å². The Bertz CT molecular complexity index is 362. The fourth-order valence-electron chi connectivity index (χ4n) is 2.38. The Morgan fingerprint density at radius 2 is 2.28 bits per heavy atom. The highest BCUT2D eigenvalue weighted by Gasteiger charge is 2.21. The molecule has 1 atom stereocenters. The lowest BCUT2D eigenvalue weighted by atomic mass is 10.1. The van der Waals surface area contributed by atoms with Gasteiger partial charge in [0.15, 0.2) is 0 Å². The lowest BCUT2D eigenvalue weighted by Crippen LogP contribution is -2.32. The minimum atomic E-state index is 0.474. The maximum absolute atomic E-state index is 5.64. The monoisotopic (exact) mass is 251 g/mol. The van der Waals surface area contributed by atoms with Gasteiger partial charge in [-0.05, 0) is 19.8 Å². The van der Waals surface area contributed by atoms with Gasteiger partial charge in [0, 0.05) is 25.2 Å². The maximum atomic E-state index is 5.64. The number of anilines is 1. The van der Waals surface area contributed by atoms with E-state index < -0.39 is 0 Å². The number of aromatic nitrogens is 1. The highest BCUT2D eigenvalue weighted by atomic mass is 16.4. The molecule has 1 aliphatic rings. The van der Waals surface area contributed by atoms with Gasteiger partial charge < -0.3 is 14.6 Å². The molecule has 0 saturated carbocycles. The second-order valence-corrected chi connectivity index (χ2v) is 5.55. The highest BCUT2D eigenvalue weighted by Crippen LogP contribution is 2.23. The third-order valence-corrected chi connectivity index (χ3v) is 3.53. The third kappa shape index (κ3) is 3.48. The van der Waals surface area contributed by atoms with Gasteiger partial charge in [-0.25, -0.2) is 0 Å². The van der Waals surface area contributed by atoms with Crippen LogP contribution in [0.3, 0.4) is 0 Å². The molecule has 4 heteroatoms. The SMILES string of the molecule is CC(C)NCc1coc(N2CCCCCC2C)n1. The van der Waals surface area contributed by atoms with Gasteiger partial charge in [0.25, 0.3) is 6.01 Å².